The highest BCUT2D eigenvalue weighted by Gasteiger charge is 2.26. The molecule has 3 nitrogen and oxygen atoms in total. The first kappa shape index (κ1) is 14.7. The van der Waals surface area contributed by atoms with Gasteiger partial charge in [-0.2, -0.15) is 11.8 Å². The van der Waals surface area contributed by atoms with Crippen molar-refractivity contribution in [2.45, 2.75) is 6.04 Å². The van der Waals surface area contributed by atoms with Gasteiger partial charge in [0.2, 0.25) is 5.91 Å². The number of carbonyl (C=O) groups is 1. The molecule has 1 atom stereocenters. The number of thioether (sulfide) groups is 1. The summed E-state index contributed by atoms with van der Waals surface area (Å²) in [7, 11) is 3.61. The average Bonchev–Trinajstić information content (AvgIpc) is 2.40. The molecule has 1 unspecified atom stereocenters. The van der Waals surface area contributed by atoms with Crippen LogP contribution < -0.4 is 0 Å². The summed E-state index contributed by atoms with van der Waals surface area (Å²) >= 11 is 7.87. The maximum absolute atomic E-state index is 11.9. The average molecular weight is 299 g/mol. The summed E-state index contributed by atoms with van der Waals surface area (Å²) in [5, 5.41) is 0.753. The molecule has 0 radical (unpaired) electrons. The van der Waals surface area contributed by atoms with Gasteiger partial charge < -0.3 is 4.90 Å². The Hall–Kier alpha value is -0.710. The molecule has 104 valence electrons. The third-order valence-corrected chi connectivity index (χ3v) is 4.61. The smallest absolute Gasteiger partial charge is 0.236 e. The lowest BCUT2D eigenvalue weighted by molar-refractivity contribution is -0.130. The van der Waals surface area contributed by atoms with Gasteiger partial charge in [0.05, 0.1) is 6.54 Å². The van der Waals surface area contributed by atoms with Crippen LogP contribution in [0.4, 0.5) is 0 Å². The Morgan fingerprint density at radius 1 is 1.42 bits per heavy atom. The number of amides is 1. The van der Waals surface area contributed by atoms with Crippen LogP contribution in [0.3, 0.4) is 0 Å². The first-order chi connectivity index (χ1) is 9.08. The highest BCUT2D eigenvalue weighted by atomic mass is 35.5. The summed E-state index contributed by atoms with van der Waals surface area (Å²) in [4.78, 5) is 15.8. The zero-order chi connectivity index (χ0) is 13.8. The minimum absolute atomic E-state index is 0.158. The van der Waals surface area contributed by atoms with E-state index in [0.717, 1.165) is 23.1 Å². The van der Waals surface area contributed by atoms with Crippen LogP contribution in [0.2, 0.25) is 5.02 Å². The predicted molar refractivity (Wildman–Crippen MR) is 81.8 cm³/mol. The fourth-order valence-electron chi connectivity index (χ4n) is 2.13. The first-order valence-corrected chi connectivity index (χ1v) is 7.88. The highest BCUT2D eigenvalue weighted by Crippen LogP contribution is 2.30. The molecule has 5 heteroatoms. The second-order valence-corrected chi connectivity index (χ2v) is 6.49. The van der Waals surface area contributed by atoms with E-state index in [9.17, 15) is 4.79 Å². The van der Waals surface area contributed by atoms with E-state index in [1.807, 2.05) is 23.9 Å². The first-order valence-electron chi connectivity index (χ1n) is 6.35. The van der Waals surface area contributed by atoms with E-state index >= 15 is 0 Å². The maximum Gasteiger partial charge on any atom is 0.236 e. The molecular formula is C14H19ClN2OS. The number of carbonyl (C=O) groups excluding carboxylic acids is 1. The summed E-state index contributed by atoms with van der Waals surface area (Å²) in [6, 6.07) is 8.27. The van der Waals surface area contributed by atoms with Gasteiger partial charge in [-0.3, -0.25) is 9.69 Å². The van der Waals surface area contributed by atoms with Crippen LogP contribution in [0.25, 0.3) is 0 Å². The Bertz CT molecular complexity index is 436. The van der Waals surface area contributed by atoms with E-state index in [2.05, 4.69) is 17.0 Å². The molecule has 1 heterocycles. The van der Waals surface area contributed by atoms with Gasteiger partial charge in [-0.15, -0.1) is 0 Å². The van der Waals surface area contributed by atoms with Crippen LogP contribution in [0.1, 0.15) is 11.6 Å². The van der Waals surface area contributed by atoms with Crippen molar-refractivity contribution in [1.29, 1.82) is 0 Å². The van der Waals surface area contributed by atoms with Crippen molar-refractivity contribution in [1.82, 2.24) is 9.80 Å². The van der Waals surface area contributed by atoms with Crippen LogP contribution in [0.15, 0.2) is 24.3 Å². The molecule has 0 aliphatic carbocycles. The van der Waals surface area contributed by atoms with Crippen molar-refractivity contribution in [3.05, 3.63) is 34.9 Å². The molecule has 0 spiro atoms. The van der Waals surface area contributed by atoms with Crippen molar-refractivity contribution in [3.63, 3.8) is 0 Å². The molecule has 1 fully saturated rings. The molecule has 1 aromatic rings. The van der Waals surface area contributed by atoms with Crippen molar-refractivity contribution in [2.75, 3.05) is 38.7 Å². The molecule has 1 saturated heterocycles. The maximum atomic E-state index is 11.9. The summed E-state index contributed by atoms with van der Waals surface area (Å²) in [6.45, 7) is 1.44. The van der Waals surface area contributed by atoms with Gasteiger partial charge >= 0.3 is 0 Å². The summed E-state index contributed by atoms with van der Waals surface area (Å²) in [6.07, 6.45) is 0. The van der Waals surface area contributed by atoms with Gasteiger partial charge in [0, 0.05) is 43.2 Å². The second-order valence-electron chi connectivity index (χ2n) is 4.90. The lowest BCUT2D eigenvalue weighted by Crippen LogP contribution is -2.42. The van der Waals surface area contributed by atoms with Crippen molar-refractivity contribution >= 4 is 29.3 Å². The number of nitrogens with zero attached hydrogens (tertiary/aromatic N) is 2. The largest absolute Gasteiger partial charge is 0.348 e. The van der Waals surface area contributed by atoms with Gasteiger partial charge in [-0.25, -0.2) is 0 Å². The molecular weight excluding hydrogens is 280 g/mol. The molecule has 2 rings (SSSR count). The predicted octanol–water partition coefficient (Wildman–Crippen LogP) is 2.52. The van der Waals surface area contributed by atoms with E-state index in [1.54, 1.807) is 19.0 Å². The third kappa shape index (κ3) is 3.88. The standard InChI is InChI=1S/C14H19ClN2OS/c1-16(2)14(18)9-17-7-8-19-10-13(17)11-3-5-12(15)6-4-11/h3-6,13H,7-10H2,1-2H3. The number of likely N-dealkylation sites (N-methyl/N-ethyl adjacent to an activating group) is 1. The Morgan fingerprint density at radius 2 is 2.11 bits per heavy atom. The SMILES string of the molecule is CN(C)C(=O)CN1CCSCC1c1ccc(Cl)cc1. The number of rotatable bonds is 3. The van der Waals surface area contributed by atoms with Gasteiger partial charge in [0.1, 0.15) is 0 Å². The van der Waals surface area contributed by atoms with Crippen LogP contribution in [0, 0.1) is 0 Å². The van der Waals surface area contributed by atoms with E-state index < -0.39 is 0 Å². The van der Waals surface area contributed by atoms with E-state index in [4.69, 9.17) is 11.6 Å². The van der Waals surface area contributed by atoms with Crippen molar-refractivity contribution in [3.8, 4) is 0 Å². The van der Waals surface area contributed by atoms with Crippen molar-refractivity contribution < 1.29 is 4.79 Å². The fraction of sp³-hybridized carbons (Fsp3) is 0.500. The van der Waals surface area contributed by atoms with E-state index in [-0.39, 0.29) is 5.91 Å². The summed E-state index contributed by atoms with van der Waals surface area (Å²) in [5.74, 6) is 2.28. The molecule has 0 saturated carbocycles. The number of benzene rings is 1. The van der Waals surface area contributed by atoms with Crippen LogP contribution >= 0.6 is 23.4 Å². The number of hydrogen-bond donors (Lipinski definition) is 0. The zero-order valence-electron chi connectivity index (χ0n) is 11.3. The summed E-state index contributed by atoms with van der Waals surface area (Å²) in [5.41, 5.74) is 1.24. The van der Waals surface area contributed by atoms with E-state index in [0.29, 0.717) is 12.6 Å². The van der Waals surface area contributed by atoms with Gasteiger partial charge in [0.15, 0.2) is 0 Å². The Balaban J connectivity index is 2.11. The minimum Gasteiger partial charge on any atom is -0.348 e. The fourth-order valence-corrected chi connectivity index (χ4v) is 3.42. The van der Waals surface area contributed by atoms with Crippen LogP contribution in [-0.4, -0.2) is 54.4 Å². The van der Waals surface area contributed by atoms with Crippen LogP contribution in [-0.2, 0) is 4.79 Å². The minimum atomic E-state index is 0.158. The highest BCUT2D eigenvalue weighted by molar-refractivity contribution is 7.99. The monoisotopic (exact) mass is 298 g/mol. The van der Waals surface area contributed by atoms with Crippen molar-refractivity contribution in [2.24, 2.45) is 0 Å². The molecule has 1 aliphatic rings. The molecule has 1 amide bonds. The Morgan fingerprint density at radius 3 is 2.74 bits per heavy atom. The van der Waals surface area contributed by atoms with Crippen LogP contribution in [0.5, 0.6) is 0 Å². The van der Waals surface area contributed by atoms with Gasteiger partial charge in [-0.05, 0) is 17.7 Å². The second kappa shape index (κ2) is 6.64. The molecule has 0 aromatic heterocycles. The Kier molecular flexibility index (Phi) is 5.13. The molecule has 19 heavy (non-hydrogen) atoms. The number of hydrogen-bond acceptors (Lipinski definition) is 3. The summed E-state index contributed by atoms with van der Waals surface area (Å²) < 4.78 is 0. The topological polar surface area (TPSA) is 23.6 Å². The zero-order valence-corrected chi connectivity index (χ0v) is 12.9. The Labute approximate surface area is 123 Å². The van der Waals surface area contributed by atoms with Gasteiger partial charge in [-0.1, -0.05) is 23.7 Å². The third-order valence-electron chi connectivity index (χ3n) is 3.33. The molecule has 1 aliphatic heterocycles. The van der Waals surface area contributed by atoms with E-state index in [1.165, 1.54) is 5.56 Å². The van der Waals surface area contributed by atoms with Gasteiger partial charge in [0.25, 0.3) is 0 Å². The quantitative estimate of drug-likeness (QED) is 0.857. The lowest BCUT2D eigenvalue weighted by Gasteiger charge is -2.35. The normalized spacial score (nSPS) is 20.3. The number of halogens is 1. The lowest BCUT2D eigenvalue weighted by atomic mass is 10.1. The molecule has 0 N–H and O–H groups in total. The molecule has 0 bridgehead atoms. The molecule has 1 aromatic carbocycles.